The van der Waals surface area contributed by atoms with Crippen molar-refractivity contribution in [2.24, 2.45) is 10.2 Å². The molecule has 3 amide bonds. The van der Waals surface area contributed by atoms with E-state index >= 15 is 0 Å². The molecule has 0 radical (unpaired) electrons. The second kappa shape index (κ2) is 18.6. The number of rotatable bonds is 16. The van der Waals surface area contributed by atoms with Gasteiger partial charge in [-0.15, -0.1) is 4.91 Å². The Morgan fingerprint density at radius 1 is 0.967 bits per heavy atom. The van der Waals surface area contributed by atoms with E-state index in [1.165, 1.54) is 59.0 Å². The lowest BCUT2D eigenvalue weighted by atomic mass is 9.94. The number of anilines is 1. The Morgan fingerprint density at radius 3 is 2.34 bits per heavy atom. The van der Waals surface area contributed by atoms with Gasteiger partial charge in [0.25, 0.3) is 11.8 Å². The Hall–Kier alpha value is -5.59. The molecule has 2 aromatic carbocycles. The average Bonchev–Trinajstić information content (AvgIpc) is 3.75. The van der Waals surface area contributed by atoms with Gasteiger partial charge >= 0.3 is 6.09 Å². The highest BCUT2D eigenvalue weighted by Crippen LogP contribution is 2.46. The zero-order valence-corrected chi connectivity index (χ0v) is 36.1. The van der Waals surface area contributed by atoms with E-state index in [-0.39, 0.29) is 71.8 Å². The molecular formula is C43H48N6O10S2. The Kier molecular flexibility index (Phi) is 13.2. The summed E-state index contributed by atoms with van der Waals surface area (Å²) in [4.78, 5) is 65.5. The number of carbonyl (C=O) groups is 3. The SMILES string of the molecule is C=C1CC2C=Nc3cc(OCCCCCOc4cc5c(cc4OC)C(=O)N4CC(=C)C[C@@]4(C)[C@H](O)N5C(=O)OC[C@H](C)SSc4ccc(N=O)cn4)c(OC)cc3C(=O)N2C1. The van der Waals surface area contributed by atoms with Gasteiger partial charge in [-0.2, -0.15) is 0 Å². The number of methoxy groups -OCH3 is 2. The fourth-order valence-corrected chi connectivity index (χ4v) is 9.64. The highest BCUT2D eigenvalue weighted by molar-refractivity contribution is 8.76. The first-order valence-electron chi connectivity index (χ1n) is 19.8. The Labute approximate surface area is 361 Å². The maximum absolute atomic E-state index is 14.2. The topological polar surface area (TPSA) is 182 Å². The monoisotopic (exact) mass is 872 g/mol. The van der Waals surface area contributed by atoms with E-state index in [1.54, 1.807) is 42.3 Å². The molecule has 3 aromatic rings. The van der Waals surface area contributed by atoms with Crippen LogP contribution in [-0.2, 0) is 4.74 Å². The first-order valence-corrected chi connectivity index (χ1v) is 22.0. The van der Waals surface area contributed by atoms with Crippen molar-refractivity contribution in [2.75, 3.05) is 52.0 Å². The van der Waals surface area contributed by atoms with Gasteiger partial charge in [0.05, 0.1) is 67.7 Å². The molecule has 16 nitrogen and oxygen atoms in total. The number of benzene rings is 2. The summed E-state index contributed by atoms with van der Waals surface area (Å²) in [7, 11) is 5.77. The highest BCUT2D eigenvalue weighted by atomic mass is 33.1. The van der Waals surface area contributed by atoms with Gasteiger partial charge in [0.15, 0.2) is 29.2 Å². The predicted molar refractivity (Wildman–Crippen MR) is 233 cm³/mol. The molecule has 0 bridgehead atoms. The van der Waals surface area contributed by atoms with Crippen LogP contribution in [-0.4, -0.2) is 114 Å². The molecule has 61 heavy (non-hydrogen) atoms. The Bertz CT molecular complexity index is 2260. The number of aliphatic imine (C=N–C) groups is 1. The van der Waals surface area contributed by atoms with Crippen LogP contribution in [0.4, 0.5) is 21.9 Å². The molecule has 0 spiro atoms. The lowest BCUT2D eigenvalue weighted by molar-refractivity contribution is 0.00812. The molecule has 1 unspecified atom stereocenters. The molecule has 2 fully saturated rings. The number of nitrogens with zero attached hydrogens (tertiary/aromatic N) is 6. The molecule has 322 valence electrons. The largest absolute Gasteiger partial charge is 0.493 e. The molecule has 2 saturated heterocycles. The van der Waals surface area contributed by atoms with E-state index in [0.29, 0.717) is 60.2 Å². The van der Waals surface area contributed by atoms with Crippen molar-refractivity contribution >= 4 is 62.8 Å². The number of ether oxygens (including phenoxy) is 5. The van der Waals surface area contributed by atoms with Crippen molar-refractivity contribution < 1.29 is 43.2 Å². The summed E-state index contributed by atoms with van der Waals surface area (Å²) < 4.78 is 29.3. The van der Waals surface area contributed by atoms with Crippen LogP contribution in [0.1, 0.15) is 66.7 Å². The van der Waals surface area contributed by atoms with Crippen molar-refractivity contribution in [1.29, 1.82) is 0 Å². The molecule has 0 aliphatic carbocycles. The summed E-state index contributed by atoms with van der Waals surface area (Å²) in [6.45, 7) is 13.1. The number of hydrogen-bond acceptors (Lipinski definition) is 15. The van der Waals surface area contributed by atoms with Gasteiger partial charge in [0, 0.05) is 36.7 Å². The molecule has 5 heterocycles. The van der Waals surface area contributed by atoms with Crippen molar-refractivity contribution in [3.63, 3.8) is 0 Å². The van der Waals surface area contributed by atoms with E-state index in [9.17, 15) is 24.4 Å². The fourth-order valence-electron chi connectivity index (χ4n) is 7.79. The summed E-state index contributed by atoms with van der Waals surface area (Å²) in [5.41, 5.74) is 2.03. The third-order valence-electron chi connectivity index (χ3n) is 10.9. The van der Waals surface area contributed by atoms with Crippen molar-refractivity contribution in [3.8, 4) is 23.0 Å². The molecule has 0 saturated carbocycles. The third-order valence-corrected chi connectivity index (χ3v) is 13.7. The number of amides is 3. The van der Waals surface area contributed by atoms with Crippen molar-refractivity contribution in [2.45, 2.75) is 74.0 Å². The number of fused-ring (bicyclic) bond motifs is 4. The number of aliphatic hydroxyl groups is 1. The highest BCUT2D eigenvalue weighted by Gasteiger charge is 2.54. The summed E-state index contributed by atoms with van der Waals surface area (Å²) >= 11 is 0. The molecule has 4 aliphatic heterocycles. The van der Waals surface area contributed by atoms with E-state index in [1.807, 2.05) is 6.92 Å². The summed E-state index contributed by atoms with van der Waals surface area (Å²) in [5, 5.41) is 15.3. The third kappa shape index (κ3) is 9.06. The van der Waals surface area contributed by atoms with Gasteiger partial charge in [-0.05, 0) is 86.2 Å². The number of unbranched alkanes of at least 4 members (excludes halogenated alkanes) is 2. The maximum atomic E-state index is 14.2. The van der Waals surface area contributed by atoms with Gasteiger partial charge in [-0.25, -0.2) is 14.7 Å². The van der Waals surface area contributed by atoms with E-state index in [2.05, 4.69) is 28.3 Å². The second-order valence-electron chi connectivity index (χ2n) is 15.5. The van der Waals surface area contributed by atoms with Gasteiger partial charge < -0.3 is 38.6 Å². The van der Waals surface area contributed by atoms with Crippen LogP contribution < -0.4 is 23.8 Å². The van der Waals surface area contributed by atoms with Gasteiger partial charge in [-0.3, -0.25) is 14.6 Å². The number of nitroso groups, excluding NO2 is 1. The number of carbonyl (C=O) groups excluding carboxylic acids is 3. The lowest BCUT2D eigenvalue weighted by Gasteiger charge is -2.40. The van der Waals surface area contributed by atoms with E-state index < -0.39 is 23.8 Å². The molecular weight excluding hydrogens is 825 g/mol. The first kappa shape index (κ1) is 43.5. The van der Waals surface area contributed by atoms with Crippen molar-refractivity contribution in [1.82, 2.24) is 14.8 Å². The minimum Gasteiger partial charge on any atom is -0.493 e. The van der Waals surface area contributed by atoms with Crippen LogP contribution in [0.5, 0.6) is 23.0 Å². The van der Waals surface area contributed by atoms with Gasteiger partial charge in [0.2, 0.25) is 0 Å². The first-order chi connectivity index (χ1) is 29.3. The van der Waals surface area contributed by atoms with Crippen LogP contribution in [0.25, 0.3) is 0 Å². The van der Waals surface area contributed by atoms with Gasteiger partial charge in [-0.1, -0.05) is 35.1 Å². The molecule has 1 aromatic heterocycles. The minimum absolute atomic E-state index is 0.0177. The normalized spacial score (nSPS) is 20.9. The van der Waals surface area contributed by atoms with E-state index in [4.69, 9.17) is 23.7 Å². The van der Waals surface area contributed by atoms with Gasteiger partial charge in [0.1, 0.15) is 17.3 Å². The quantitative estimate of drug-likeness (QED) is 0.0636. The maximum Gasteiger partial charge on any atom is 0.416 e. The Morgan fingerprint density at radius 2 is 1.67 bits per heavy atom. The predicted octanol–water partition coefficient (Wildman–Crippen LogP) is 7.88. The lowest BCUT2D eigenvalue weighted by Crippen LogP contribution is -2.59. The molecule has 4 aliphatic rings. The molecule has 1 N–H and O–H groups in total. The Balaban J connectivity index is 0.994. The van der Waals surface area contributed by atoms with Crippen molar-refractivity contribution in [3.05, 3.63) is 82.9 Å². The smallest absolute Gasteiger partial charge is 0.416 e. The molecule has 7 rings (SSSR count). The summed E-state index contributed by atoms with van der Waals surface area (Å²) in [6.07, 6.45) is 3.86. The number of aromatic nitrogens is 1. The fraction of sp³-hybridized carbons (Fsp3) is 0.419. The standard InChI is InChI=1S/C43H48N6O10S2/c1-25-14-29-21-44-32-17-36(34(55-5)15-30(32)39(50)47(29)22-25)57-12-8-7-9-13-58-37-18-33-31(16-35(37)56-6)40(51)48-23-26(2)19-43(48,4)41(52)49(33)42(53)59-24-27(3)60-61-38-11-10-28(46-54)20-45-38/h10-11,15-18,20-21,27,29,41,52H,1-2,7-9,12-14,19,22-24H2,3-6H3/t27-,29?,41-,43-/m0/s1. The van der Waals surface area contributed by atoms with Crippen LogP contribution in [0, 0.1) is 4.91 Å². The minimum atomic E-state index is -1.49. The van der Waals surface area contributed by atoms with Crippen LogP contribution in [0.2, 0.25) is 0 Å². The number of hydrogen-bond donors (Lipinski definition) is 1. The number of aliphatic hydroxyl groups excluding tert-OH is 1. The zero-order chi connectivity index (χ0) is 43.4. The van der Waals surface area contributed by atoms with Crippen LogP contribution in [0.15, 0.2) is 82.1 Å². The summed E-state index contributed by atoms with van der Waals surface area (Å²) in [5.74, 6) is 0.998. The van der Waals surface area contributed by atoms with E-state index in [0.717, 1.165) is 22.5 Å². The summed E-state index contributed by atoms with van der Waals surface area (Å²) in [6, 6.07) is 9.61. The van der Waals surface area contributed by atoms with Crippen LogP contribution >= 0.6 is 21.6 Å². The average molecular weight is 873 g/mol. The van der Waals surface area contributed by atoms with Crippen LogP contribution in [0.3, 0.4) is 0 Å². The zero-order valence-electron chi connectivity index (χ0n) is 34.5. The second-order valence-corrected chi connectivity index (χ2v) is 18.1. The molecule has 4 atom stereocenters. The number of pyridine rings is 1. The molecule has 18 heteroatoms.